The van der Waals surface area contributed by atoms with Gasteiger partial charge >= 0.3 is 0 Å². The fourth-order valence-electron chi connectivity index (χ4n) is 1.90. The van der Waals surface area contributed by atoms with Gasteiger partial charge < -0.3 is 11.1 Å². The molecule has 6 nitrogen and oxygen atoms in total. The minimum Gasteiger partial charge on any atom is -0.395 e. The summed E-state index contributed by atoms with van der Waals surface area (Å²) in [6, 6.07) is -0.146. The first kappa shape index (κ1) is 13.5. The highest BCUT2D eigenvalue weighted by atomic mass is 32.1. The van der Waals surface area contributed by atoms with Gasteiger partial charge in [-0.15, -0.1) is 11.3 Å². The van der Waals surface area contributed by atoms with Crippen LogP contribution in [0.3, 0.4) is 0 Å². The third-order valence-corrected chi connectivity index (χ3v) is 3.84. The predicted octanol–water partition coefficient (Wildman–Crippen LogP) is 1.51. The zero-order chi connectivity index (χ0) is 14.0. The smallest absolute Gasteiger partial charge is 0.272 e. The van der Waals surface area contributed by atoms with Gasteiger partial charge in [0.2, 0.25) is 0 Å². The van der Waals surface area contributed by atoms with E-state index < -0.39 is 0 Å². The van der Waals surface area contributed by atoms with Crippen molar-refractivity contribution in [2.75, 3.05) is 5.73 Å². The van der Waals surface area contributed by atoms with E-state index in [0.717, 1.165) is 10.7 Å². The summed E-state index contributed by atoms with van der Waals surface area (Å²) < 4.78 is 1.53. The highest BCUT2D eigenvalue weighted by molar-refractivity contribution is 7.09. The Morgan fingerprint density at radius 1 is 1.63 bits per heavy atom. The molecule has 0 fully saturated rings. The number of nitrogens with one attached hydrogen (secondary N) is 1. The lowest BCUT2D eigenvalue weighted by Gasteiger charge is -2.11. The Kier molecular flexibility index (Phi) is 3.84. The summed E-state index contributed by atoms with van der Waals surface area (Å²) in [6.07, 6.45) is 2.42. The fraction of sp³-hybridized carbons (Fsp3) is 0.417. The van der Waals surface area contributed by atoms with Gasteiger partial charge in [0, 0.05) is 18.6 Å². The van der Waals surface area contributed by atoms with E-state index in [-0.39, 0.29) is 11.9 Å². The van der Waals surface area contributed by atoms with Crippen LogP contribution in [0.15, 0.2) is 11.6 Å². The van der Waals surface area contributed by atoms with Gasteiger partial charge in [-0.1, -0.05) is 6.92 Å². The molecule has 1 unspecified atom stereocenters. The average molecular weight is 279 g/mol. The Bertz CT molecular complexity index is 575. The number of hydrogen-bond donors (Lipinski definition) is 2. The molecule has 0 saturated heterocycles. The van der Waals surface area contributed by atoms with Gasteiger partial charge in [-0.25, -0.2) is 4.98 Å². The van der Waals surface area contributed by atoms with E-state index in [0.29, 0.717) is 17.8 Å². The van der Waals surface area contributed by atoms with Gasteiger partial charge in [-0.2, -0.15) is 5.10 Å². The molecule has 0 saturated carbocycles. The zero-order valence-corrected chi connectivity index (χ0v) is 12.0. The quantitative estimate of drug-likeness (QED) is 0.888. The first-order valence-electron chi connectivity index (χ1n) is 6.06. The Morgan fingerprint density at radius 3 is 2.89 bits per heavy atom. The first-order valence-corrected chi connectivity index (χ1v) is 6.94. The number of rotatable bonds is 4. The minimum absolute atomic E-state index is 0.146. The number of carbonyl (C=O) groups is 1. The van der Waals surface area contributed by atoms with Crippen LogP contribution >= 0.6 is 11.3 Å². The lowest BCUT2D eigenvalue weighted by atomic mass is 10.2. The highest BCUT2D eigenvalue weighted by Gasteiger charge is 2.21. The molecule has 3 N–H and O–H groups in total. The van der Waals surface area contributed by atoms with Crippen molar-refractivity contribution in [2.24, 2.45) is 7.05 Å². The number of anilines is 1. The summed E-state index contributed by atoms with van der Waals surface area (Å²) in [4.78, 5) is 16.4. The monoisotopic (exact) mass is 279 g/mol. The second-order valence-corrected chi connectivity index (χ2v) is 5.18. The number of aromatic nitrogens is 3. The maximum Gasteiger partial charge on any atom is 0.272 e. The summed E-state index contributed by atoms with van der Waals surface area (Å²) in [6.45, 7) is 3.85. The number of aryl methyl sites for hydroxylation is 2. The molecule has 0 spiro atoms. The maximum absolute atomic E-state index is 12.2. The van der Waals surface area contributed by atoms with Crippen molar-refractivity contribution in [1.29, 1.82) is 0 Å². The van der Waals surface area contributed by atoms with Crippen molar-refractivity contribution in [3.05, 3.63) is 28.0 Å². The fourth-order valence-corrected chi connectivity index (χ4v) is 2.55. The molecular formula is C12H17N5OS. The number of carbonyl (C=O) groups excluding carboxylic acids is 1. The number of thiazole rings is 1. The van der Waals surface area contributed by atoms with Gasteiger partial charge in [0.1, 0.15) is 10.7 Å². The number of hydrogen-bond acceptors (Lipinski definition) is 5. The standard InChI is InChI=1S/C12H17N5OS/c1-4-8-9(13)10(17(3)16-8)11(18)15-7(2)12-14-5-6-19-12/h5-7H,4,13H2,1-3H3,(H,15,18). The molecule has 2 aromatic heterocycles. The van der Waals surface area contributed by atoms with Crippen molar-refractivity contribution >= 4 is 22.9 Å². The normalized spacial score (nSPS) is 12.4. The first-order chi connectivity index (χ1) is 9.04. The summed E-state index contributed by atoms with van der Waals surface area (Å²) in [7, 11) is 1.72. The second kappa shape index (κ2) is 5.40. The van der Waals surface area contributed by atoms with Crippen LogP contribution in [-0.4, -0.2) is 20.7 Å². The number of nitrogens with zero attached hydrogens (tertiary/aromatic N) is 3. The molecule has 2 rings (SSSR count). The topological polar surface area (TPSA) is 85.8 Å². The van der Waals surface area contributed by atoms with Crippen molar-refractivity contribution < 1.29 is 4.79 Å². The van der Waals surface area contributed by atoms with Crippen LogP contribution < -0.4 is 11.1 Å². The highest BCUT2D eigenvalue weighted by Crippen LogP contribution is 2.19. The van der Waals surface area contributed by atoms with Crippen molar-refractivity contribution in [2.45, 2.75) is 26.3 Å². The Hall–Kier alpha value is -1.89. The Morgan fingerprint density at radius 2 is 2.37 bits per heavy atom. The van der Waals surface area contributed by atoms with Crippen LogP contribution in [0.5, 0.6) is 0 Å². The lowest BCUT2D eigenvalue weighted by molar-refractivity contribution is 0.0931. The molecule has 0 aliphatic rings. The molecule has 0 aliphatic carbocycles. The molecule has 0 aliphatic heterocycles. The van der Waals surface area contributed by atoms with Crippen LogP contribution in [0.4, 0.5) is 5.69 Å². The van der Waals surface area contributed by atoms with E-state index in [9.17, 15) is 4.79 Å². The van der Waals surface area contributed by atoms with E-state index in [1.165, 1.54) is 16.0 Å². The molecule has 1 atom stereocenters. The molecular weight excluding hydrogens is 262 g/mol. The summed E-state index contributed by atoms with van der Waals surface area (Å²) in [5, 5.41) is 9.87. The summed E-state index contributed by atoms with van der Waals surface area (Å²) in [5.74, 6) is -0.227. The molecule has 2 heterocycles. The van der Waals surface area contributed by atoms with E-state index >= 15 is 0 Å². The number of nitrogens with two attached hydrogens (primary N) is 1. The molecule has 7 heteroatoms. The SMILES string of the molecule is CCc1nn(C)c(C(=O)NC(C)c2nccs2)c1N. The van der Waals surface area contributed by atoms with E-state index in [2.05, 4.69) is 15.4 Å². The minimum atomic E-state index is -0.227. The largest absolute Gasteiger partial charge is 0.395 e. The molecule has 1 amide bonds. The molecule has 19 heavy (non-hydrogen) atoms. The van der Waals surface area contributed by atoms with E-state index in [4.69, 9.17) is 5.73 Å². The van der Waals surface area contributed by atoms with Crippen LogP contribution in [0.25, 0.3) is 0 Å². The van der Waals surface area contributed by atoms with Crippen LogP contribution in [-0.2, 0) is 13.5 Å². The van der Waals surface area contributed by atoms with Gasteiger partial charge in [-0.05, 0) is 13.3 Å². The molecule has 0 radical (unpaired) electrons. The third-order valence-electron chi connectivity index (χ3n) is 2.88. The van der Waals surface area contributed by atoms with Crippen LogP contribution in [0.2, 0.25) is 0 Å². The average Bonchev–Trinajstić information content (AvgIpc) is 2.97. The maximum atomic E-state index is 12.2. The number of amides is 1. The van der Waals surface area contributed by atoms with Crippen molar-refractivity contribution in [3.8, 4) is 0 Å². The van der Waals surface area contributed by atoms with Crippen molar-refractivity contribution in [1.82, 2.24) is 20.1 Å². The van der Waals surface area contributed by atoms with Crippen LogP contribution in [0.1, 0.15) is 41.1 Å². The molecule has 102 valence electrons. The molecule has 0 aromatic carbocycles. The summed E-state index contributed by atoms with van der Waals surface area (Å²) >= 11 is 1.51. The zero-order valence-electron chi connectivity index (χ0n) is 11.2. The van der Waals surface area contributed by atoms with E-state index in [1.807, 2.05) is 19.2 Å². The Balaban J connectivity index is 2.19. The van der Waals surface area contributed by atoms with Gasteiger partial charge in [-0.3, -0.25) is 9.48 Å². The van der Waals surface area contributed by atoms with Gasteiger partial charge in [0.25, 0.3) is 5.91 Å². The third kappa shape index (κ3) is 2.60. The molecule has 2 aromatic rings. The number of nitrogen functional groups attached to an aromatic ring is 1. The van der Waals surface area contributed by atoms with Gasteiger partial charge in [0.05, 0.1) is 17.4 Å². The molecule has 0 bridgehead atoms. The lowest BCUT2D eigenvalue weighted by Crippen LogP contribution is -2.29. The predicted molar refractivity (Wildman–Crippen MR) is 75.0 cm³/mol. The summed E-state index contributed by atoms with van der Waals surface area (Å²) in [5.41, 5.74) is 7.55. The van der Waals surface area contributed by atoms with Gasteiger partial charge in [0.15, 0.2) is 0 Å². The Labute approximate surface area is 115 Å². The van der Waals surface area contributed by atoms with E-state index in [1.54, 1.807) is 13.2 Å². The van der Waals surface area contributed by atoms with Crippen LogP contribution in [0, 0.1) is 0 Å². The second-order valence-electron chi connectivity index (χ2n) is 4.25. The van der Waals surface area contributed by atoms with Crippen molar-refractivity contribution in [3.63, 3.8) is 0 Å².